The second-order valence-corrected chi connectivity index (χ2v) is 4.14. The SMILES string of the molecule is Cn1cc(C#N)c(N2C(=O)c3ccccc3C2=O)n1. The van der Waals surface area contributed by atoms with Crippen molar-refractivity contribution in [2.24, 2.45) is 7.05 Å². The van der Waals surface area contributed by atoms with Crippen molar-refractivity contribution in [3.8, 4) is 6.07 Å². The molecule has 0 unspecified atom stereocenters. The van der Waals surface area contributed by atoms with Crippen molar-refractivity contribution in [1.29, 1.82) is 5.26 Å². The summed E-state index contributed by atoms with van der Waals surface area (Å²) in [7, 11) is 1.63. The zero-order valence-electron chi connectivity index (χ0n) is 9.99. The van der Waals surface area contributed by atoms with Gasteiger partial charge in [0.2, 0.25) is 0 Å². The molecule has 2 heterocycles. The maximum absolute atomic E-state index is 12.2. The summed E-state index contributed by atoms with van der Waals surface area (Å²) in [5.74, 6) is -0.817. The van der Waals surface area contributed by atoms with Crippen LogP contribution >= 0.6 is 0 Å². The molecule has 1 aliphatic heterocycles. The first-order valence-electron chi connectivity index (χ1n) is 5.55. The van der Waals surface area contributed by atoms with E-state index in [-0.39, 0.29) is 11.4 Å². The van der Waals surface area contributed by atoms with Crippen LogP contribution in [0.4, 0.5) is 5.82 Å². The first kappa shape index (κ1) is 11.2. The number of carbonyl (C=O) groups excluding carboxylic acids is 2. The number of benzene rings is 1. The van der Waals surface area contributed by atoms with Crippen molar-refractivity contribution in [2.75, 3.05) is 4.90 Å². The minimum Gasteiger partial charge on any atom is -0.272 e. The van der Waals surface area contributed by atoms with E-state index in [1.807, 2.05) is 6.07 Å². The molecule has 0 radical (unpaired) electrons. The molecule has 0 N–H and O–H groups in total. The van der Waals surface area contributed by atoms with Gasteiger partial charge in [-0.3, -0.25) is 14.3 Å². The minimum absolute atomic E-state index is 0.0798. The predicted molar refractivity (Wildman–Crippen MR) is 65.5 cm³/mol. The van der Waals surface area contributed by atoms with Gasteiger partial charge in [0, 0.05) is 13.2 Å². The predicted octanol–water partition coefficient (Wildman–Crippen LogP) is 1.09. The van der Waals surface area contributed by atoms with Gasteiger partial charge in [0.05, 0.1) is 11.1 Å². The average Bonchev–Trinajstić information content (AvgIpc) is 2.90. The molecule has 0 aliphatic carbocycles. The quantitative estimate of drug-likeness (QED) is 0.712. The Kier molecular flexibility index (Phi) is 2.22. The van der Waals surface area contributed by atoms with Crippen molar-refractivity contribution in [3.05, 3.63) is 47.2 Å². The lowest BCUT2D eigenvalue weighted by atomic mass is 10.1. The number of fused-ring (bicyclic) bond motifs is 1. The fourth-order valence-corrected chi connectivity index (χ4v) is 2.10. The van der Waals surface area contributed by atoms with Gasteiger partial charge in [0.15, 0.2) is 5.82 Å². The third-order valence-electron chi connectivity index (χ3n) is 2.94. The van der Waals surface area contributed by atoms with E-state index < -0.39 is 11.8 Å². The number of hydrogen-bond acceptors (Lipinski definition) is 4. The summed E-state index contributed by atoms with van der Waals surface area (Å²) in [6.07, 6.45) is 1.47. The highest BCUT2D eigenvalue weighted by atomic mass is 16.2. The van der Waals surface area contributed by atoms with Gasteiger partial charge >= 0.3 is 0 Å². The highest BCUT2D eigenvalue weighted by Crippen LogP contribution is 2.28. The Balaban J connectivity index is 2.17. The van der Waals surface area contributed by atoms with Crippen LogP contribution in [0.15, 0.2) is 30.5 Å². The summed E-state index contributed by atoms with van der Waals surface area (Å²) in [6.45, 7) is 0. The summed E-state index contributed by atoms with van der Waals surface area (Å²) >= 11 is 0. The standard InChI is InChI=1S/C13H8N4O2/c1-16-7-8(6-14)11(15-16)17-12(18)9-4-2-3-5-10(9)13(17)19/h2-5,7H,1H3. The topological polar surface area (TPSA) is 79.0 Å². The van der Waals surface area contributed by atoms with Gasteiger partial charge in [-0.05, 0) is 12.1 Å². The van der Waals surface area contributed by atoms with E-state index in [2.05, 4.69) is 5.10 Å². The molecular weight excluding hydrogens is 244 g/mol. The molecule has 19 heavy (non-hydrogen) atoms. The molecule has 3 rings (SSSR count). The van der Waals surface area contributed by atoms with Crippen LogP contribution in [0.25, 0.3) is 0 Å². The van der Waals surface area contributed by atoms with Gasteiger partial charge < -0.3 is 0 Å². The van der Waals surface area contributed by atoms with Crippen LogP contribution in [0.1, 0.15) is 26.3 Å². The minimum atomic E-state index is -0.448. The van der Waals surface area contributed by atoms with Crippen LogP contribution in [-0.2, 0) is 7.05 Å². The molecule has 6 nitrogen and oxygen atoms in total. The second-order valence-electron chi connectivity index (χ2n) is 4.14. The number of carbonyl (C=O) groups is 2. The Labute approximate surface area is 108 Å². The molecule has 1 aromatic heterocycles. The summed E-state index contributed by atoms with van der Waals surface area (Å²) in [5.41, 5.74) is 0.862. The van der Waals surface area contributed by atoms with Crippen molar-refractivity contribution in [2.45, 2.75) is 0 Å². The zero-order valence-corrected chi connectivity index (χ0v) is 9.99. The van der Waals surface area contributed by atoms with Crippen LogP contribution in [-0.4, -0.2) is 21.6 Å². The Morgan fingerprint density at radius 1 is 1.16 bits per heavy atom. The molecule has 0 fully saturated rings. The first-order valence-corrected chi connectivity index (χ1v) is 5.55. The average molecular weight is 252 g/mol. The van der Waals surface area contributed by atoms with Gasteiger partial charge in [-0.25, -0.2) is 4.90 Å². The van der Waals surface area contributed by atoms with Crippen molar-refractivity contribution >= 4 is 17.6 Å². The highest BCUT2D eigenvalue weighted by molar-refractivity contribution is 6.34. The Bertz CT molecular complexity index is 719. The number of imide groups is 1. The summed E-state index contributed by atoms with van der Waals surface area (Å²) in [5, 5.41) is 13.1. The van der Waals surface area contributed by atoms with E-state index >= 15 is 0 Å². The highest BCUT2D eigenvalue weighted by Gasteiger charge is 2.38. The Morgan fingerprint density at radius 2 is 1.74 bits per heavy atom. The van der Waals surface area contributed by atoms with Crippen LogP contribution < -0.4 is 4.90 Å². The molecule has 0 atom stereocenters. The number of nitriles is 1. The van der Waals surface area contributed by atoms with Crippen LogP contribution in [0.5, 0.6) is 0 Å². The van der Waals surface area contributed by atoms with Crippen LogP contribution in [0, 0.1) is 11.3 Å². The molecular formula is C13H8N4O2. The molecule has 2 amide bonds. The zero-order chi connectivity index (χ0) is 13.6. The third kappa shape index (κ3) is 1.45. The normalized spacial score (nSPS) is 13.6. The van der Waals surface area contributed by atoms with E-state index in [1.165, 1.54) is 10.9 Å². The lowest BCUT2D eigenvalue weighted by Crippen LogP contribution is -2.30. The maximum Gasteiger partial charge on any atom is 0.267 e. The van der Waals surface area contributed by atoms with Crippen molar-refractivity contribution in [1.82, 2.24) is 9.78 Å². The number of aromatic nitrogens is 2. The molecule has 0 saturated heterocycles. The number of anilines is 1. The number of nitrogens with zero attached hydrogens (tertiary/aromatic N) is 4. The lowest BCUT2D eigenvalue weighted by Gasteiger charge is -2.10. The van der Waals surface area contributed by atoms with Gasteiger partial charge in [0.1, 0.15) is 11.6 Å². The summed E-state index contributed by atoms with van der Waals surface area (Å²) in [6, 6.07) is 8.49. The van der Waals surface area contributed by atoms with E-state index in [0.717, 1.165) is 4.90 Å². The van der Waals surface area contributed by atoms with E-state index in [0.29, 0.717) is 11.1 Å². The summed E-state index contributed by atoms with van der Waals surface area (Å²) < 4.78 is 1.40. The van der Waals surface area contributed by atoms with Gasteiger partial charge in [-0.2, -0.15) is 10.4 Å². The molecule has 0 saturated carbocycles. The molecule has 92 valence electrons. The number of rotatable bonds is 1. The van der Waals surface area contributed by atoms with Gasteiger partial charge in [-0.15, -0.1) is 0 Å². The third-order valence-corrected chi connectivity index (χ3v) is 2.94. The Morgan fingerprint density at radius 3 is 2.26 bits per heavy atom. The summed E-state index contributed by atoms with van der Waals surface area (Å²) in [4.78, 5) is 25.4. The Hall–Kier alpha value is -2.94. The molecule has 1 aliphatic rings. The molecule has 6 heteroatoms. The van der Waals surface area contributed by atoms with Crippen LogP contribution in [0.3, 0.4) is 0 Å². The van der Waals surface area contributed by atoms with Crippen LogP contribution in [0.2, 0.25) is 0 Å². The smallest absolute Gasteiger partial charge is 0.267 e. The van der Waals surface area contributed by atoms with E-state index in [1.54, 1.807) is 31.3 Å². The second kappa shape index (κ2) is 3.78. The monoisotopic (exact) mass is 252 g/mol. The molecule has 2 aromatic rings. The number of aryl methyl sites for hydroxylation is 1. The van der Waals surface area contributed by atoms with Crippen molar-refractivity contribution < 1.29 is 9.59 Å². The lowest BCUT2D eigenvalue weighted by molar-refractivity contribution is 0.0925. The van der Waals surface area contributed by atoms with E-state index in [9.17, 15) is 9.59 Å². The fraction of sp³-hybridized carbons (Fsp3) is 0.0769. The largest absolute Gasteiger partial charge is 0.272 e. The molecule has 0 bridgehead atoms. The van der Waals surface area contributed by atoms with E-state index in [4.69, 9.17) is 5.26 Å². The molecule has 0 spiro atoms. The number of amides is 2. The number of hydrogen-bond donors (Lipinski definition) is 0. The first-order chi connectivity index (χ1) is 9.13. The van der Waals surface area contributed by atoms with Crippen molar-refractivity contribution in [3.63, 3.8) is 0 Å². The maximum atomic E-state index is 12.2. The van der Waals surface area contributed by atoms with Gasteiger partial charge in [0.25, 0.3) is 11.8 Å². The molecule has 1 aromatic carbocycles. The van der Waals surface area contributed by atoms with Gasteiger partial charge in [-0.1, -0.05) is 12.1 Å². The fourth-order valence-electron chi connectivity index (χ4n) is 2.10.